The Bertz CT molecular complexity index is 970. The van der Waals surface area contributed by atoms with E-state index in [1.807, 2.05) is 12.1 Å². The third kappa shape index (κ3) is 4.84. The van der Waals surface area contributed by atoms with E-state index in [9.17, 15) is 13.6 Å². The van der Waals surface area contributed by atoms with Gasteiger partial charge in [0.2, 0.25) is 5.95 Å². The Morgan fingerprint density at radius 1 is 1.00 bits per heavy atom. The van der Waals surface area contributed by atoms with Crippen molar-refractivity contribution in [2.75, 3.05) is 28.6 Å². The SMILES string of the molecule is CCN(CC)c1ccc(NC(=O)c2ccnc(Nc3c(F)cccc3F)n2)cc1. The van der Waals surface area contributed by atoms with E-state index >= 15 is 0 Å². The quantitative estimate of drug-likeness (QED) is 0.610. The molecule has 1 heterocycles. The molecule has 0 saturated heterocycles. The van der Waals surface area contributed by atoms with E-state index in [0.29, 0.717) is 5.69 Å². The van der Waals surface area contributed by atoms with Crippen LogP contribution in [0, 0.1) is 11.6 Å². The molecule has 8 heteroatoms. The summed E-state index contributed by atoms with van der Waals surface area (Å²) in [5.41, 5.74) is 1.36. The number of anilines is 4. The third-order valence-corrected chi connectivity index (χ3v) is 4.34. The Morgan fingerprint density at radius 2 is 1.66 bits per heavy atom. The van der Waals surface area contributed by atoms with Gasteiger partial charge in [-0.3, -0.25) is 4.79 Å². The normalized spacial score (nSPS) is 10.5. The van der Waals surface area contributed by atoms with Crippen LogP contribution in [0.1, 0.15) is 24.3 Å². The van der Waals surface area contributed by atoms with Crippen LogP contribution in [-0.4, -0.2) is 29.0 Å². The van der Waals surface area contributed by atoms with Crippen LogP contribution in [0.15, 0.2) is 54.7 Å². The fourth-order valence-corrected chi connectivity index (χ4v) is 2.81. The van der Waals surface area contributed by atoms with Crippen LogP contribution in [0.5, 0.6) is 0 Å². The molecule has 29 heavy (non-hydrogen) atoms. The Kier molecular flexibility index (Phi) is 6.33. The van der Waals surface area contributed by atoms with Crippen LogP contribution in [0.2, 0.25) is 0 Å². The van der Waals surface area contributed by atoms with Crippen molar-refractivity contribution in [3.63, 3.8) is 0 Å². The minimum absolute atomic E-state index is 0.0621. The van der Waals surface area contributed by atoms with E-state index in [4.69, 9.17) is 0 Å². The largest absolute Gasteiger partial charge is 0.372 e. The van der Waals surface area contributed by atoms with Gasteiger partial charge in [0.25, 0.3) is 5.91 Å². The fourth-order valence-electron chi connectivity index (χ4n) is 2.81. The number of hydrogen-bond donors (Lipinski definition) is 2. The summed E-state index contributed by atoms with van der Waals surface area (Å²) in [5, 5.41) is 5.23. The van der Waals surface area contributed by atoms with Gasteiger partial charge in [0.15, 0.2) is 0 Å². The summed E-state index contributed by atoms with van der Waals surface area (Å²) in [7, 11) is 0. The number of rotatable bonds is 7. The standard InChI is InChI=1S/C21H21F2N5O/c1-3-28(4-2)15-10-8-14(9-11-15)25-20(29)18-12-13-24-21(26-18)27-19-16(22)6-5-7-17(19)23/h5-13H,3-4H2,1-2H3,(H,25,29)(H,24,26,27). The van der Waals surface area contributed by atoms with Crippen LogP contribution in [0.4, 0.5) is 31.8 Å². The van der Waals surface area contributed by atoms with E-state index < -0.39 is 17.5 Å². The molecule has 0 fully saturated rings. The highest BCUT2D eigenvalue weighted by Crippen LogP contribution is 2.21. The summed E-state index contributed by atoms with van der Waals surface area (Å²) in [6, 6.07) is 12.4. The lowest BCUT2D eigenvalue weighted by Crippen LogP contribution is -2.21. The minimum Gasteiger partial charge on any atom is -0.372 e. The summed E-state index contributed by atoms with van der Waals surface area (Å²) < 4.78 is 27.6. The van der Waals surface area contributed by atoms with E-state index in [-0.39, 0.29) is 17.3 Å². The van der Waals surface area contributed by atoms with Crippen LogP contribution >= 0.6 is 0 Å². The van der Waals surface area contributed by atoms with Crippen LogP contribution < -0.4 is 15.5 Å². The number of halogens is 2. The molecule has 0 atom stereocenters. The monoisotopic (exact) mass is 397 g/mol. The maximum atomic E-state index is 13.8. The van der Waals surface area contributed by atoms with Crippen molar-refractivity contribution in [3.05, 3.63) is 72.1 Å². The third-order valence-electron chi connectivity index (χ3n) is 4.34. The molecule has 6 nitrogen and oxygen atoms in total. The number of amides is 1. The molecule has 0 spiro atoms. The summed E-state index contributed by atoms with van der Waals surface area (Å²) in [4.78, 5) is 22.6. The first-order valence-electron chi connectivity index (χ1n) is 9.22. The molecular weight excluding hydrogens is 376 g/mol. The summed E-state index contributed by atoms with van der Waals surface area (Å²) in [5.74, 6) is -2.10. The van der Waals surface area contributed by atoms with Gasteiger partial charge < -0.3 is 15.5 Å². The molecule has 3 aromatic rings. The van der Waals surface area contributed by atoms with Crippen LogP contribution in [0.25, 0.3) is 0 Å². The number of benzene rings is 2. The molecular formula is C21H21F2N5O. The molecule has 150 valence electrons. The number of nitrogens with one attached hydrogen (secondary N) is 2. The van der Waals surface area contributed by atoms with Gasteiger partial charge in [0, 0.05) is 30.7 Å². The van der Waals surface area contributed by atoms with E-state index in [1.54, 1.807) is 12.1 Å². The van der Waals surface area contributed by atoms with Crippen LogP contribution in [0.3, 0.4) is 0 Å². The Balaban J connectivity index is 1.73. The van der Waals surface area contributed by atoms with Gasteiger partial charge in [-0.1, -0.05) is 6.07 Å². The second-order valence-electron chi connectivity index (χ2n) is 6.16. The topological polar surface area (TPSA) is 70.2 Å². The van der Waals surface area contributed by atoms with Crippen molar-refractivity contribution in [2.24, 2.45) is 0 Å². The number of para-hydroxylation sites is 1. The first kappa shape index (κ1) is 20.2. The average Bonchev–Trinajstić information content (AvgIpc) is 2.73. The highest BCUT2D eigenvalue weighted by molar-refractivity contribution is 6.03. The lowest BCUT2D eigenvalue weighted by molar-refractivity contribution is 0.102. The fraction of sp³-hybridized carbons (Fsp3) is 0.190. The summed E-state index contributed by atoms with van der Waals surface area (Å²) in [6.45, 7) is 5.93. The lowest BCUT2D eigenvalue weighted by Gasteiger charge is -2.21. The van der Waals surface area contributed by atoms with Crippen molar-refractivity contribution in [1.29, 1.82) is 0 Å². The van der Waals surface area contributed by atoms with E-state index in [0.717, 1.165) is 30.9 Å². The zero-order chi connectivity index (χ0) is 20.8. The van der Waals surface area contributed by atoms with Gasteiger partial charge in [-0.25, -0.2) is 18.7 Å². The molecule has 0 aliphatic carbocycles. The molecule has 0 aliphatic rings. The zero-order valence-electron chi connectivity index (χ0n) is 16.1. The molecule has 0 radical (unpaired) electrons. The second kappa shape index (κ2) is 9.09. The summed E-state index contributed by atoms with van der Waals surface area (Å²) >= 11 is 0. The predicted octanol–water partition coefficient (Wildman–Crippen LogP) is 4.60. The minimum atomic E-state index is -0.781. The van der Waals surface area contributed by atoms with Gasteiger partial charge in [-0.2, -0.15) is 0 Å². The van der Waals surface area contributed by atoms with Crippen molar-refractivity contribution < 1.29 is 13.6 Å². The van der Waals surface area contributed by atoms with Gasteiger partial charge in [0.1, 0.15) is 23.0 Å². The molecule has 3 rings (SSSR count). The lowest BCUT2D eigenvalue weighted by atomic mass is 10.2. The second-order valence-corrected chi connectivity index (χ2v) is 6.16. The molecule has 0 aliphatic heterocycles. The number of nitrogens with zero attached hydrogens (tertiary/aromatic N) is 3. The Labute approximate surface area is 167 Å². The first-order valence-corrected chi connectivity index (χ1v) is 9.22. The van der Waals surface area contributed by atoms with Gasteiger partial charge in [-0.05, 0) is 56.3 Å². The van der Waals surface area contributed by atoms with E-state index in [2.05, 4.69) is 39.3 Å². The summed E-state index contributed by atoms with van der Waals surface area (Å²) in [6.07, 6.45) is 1.34. The van der Waals surface area contributed by atoms with Crippen molar-refractivity contribution in [1.82, 2.24) is 9.97 Å². The molecule has 0 bridgehead atoms. The van der Waals surface area contributed by atoms with Gasteiger partial charge in [0.05, 0.1) is 0 Å². The average molecular weight is 397 g/mol. The maximum absolute atomic E-state index is 13.8. The predicted molar refractivity (Wildman–Crippen MR) is 110 cm³/mol. The molecule has 0 unspecified atom stereocenters. The first-order chi connectivity index (χ1) is 14.0. The zero-order valence-corrected chi connectivity index (χ0v) is 16.1. The van der Waals surface area contributed by atoms with Crippen molar-refractivity contribution >= 4 is 28.9 Å². The number of carbonyl (C=O) groups is 1. The smallest absolute Gasteiger partial charge is 0.274 e. The Morgan fingerprint density at radius 3 is 2.28 bits per heavy atom. The molecule has 1 amide bonds. The van der Waals surface area contributed by atoms with Crippen molar-refractivity contribution in [2.45, 2.75) is 13.8 Å². The molecule has 2 aromatic carbocycles. The molecule has 0 saturated carbocycles. The Hall–Kier alpha value is -3.55. The number of aromatic nitrogens is 2. The highest BCUT2D eigenvalue weighted by atomic mass is 19.1. The molecule has 2 N–H and O–H groups in total. The molecule has 1 aromatic heterocycles. The van der Waals surface area contributed by atoms with Gasteiger partial charge >= 0.3 is 0 Å². The highest BCUT2D eigenvalue weighted by Gasteiger charge is 2.13. The number of carbonyl (C=O) groups excluding carboxylic acids is 1. The van der Waals surface area contributed by atoms with Gasteiger partial charge in [-0.15, -0.1) is 0 Å². The number of hydrogen-bond acceptors (Lipinski definition) is 5. The van der Waals surface area contributed by atoms with E-state index in [1.165, 1.54) is 18.3 Å². The maximum Gasteiger partial charge on any atom is 0.274 e. The van der Waals surface area contributed by atoms with Crippen LogP contribution in [-0.2, 0) is 0 Å². The van der Waals surface area contributed by atoms with Crippen molar-refractivity contribution in [3.8, 4) is 0 Å².